The van der Waals surface area contributed by atoms with E-state index in [4.69, 9.17) is 0 Å². The van der Waals surface area contributed by atoms with Crippen LogP contribution in [0.3, 0.4) is 0 Å². The number of hydrogen-bond acceptors (Lipinski definition) is 3. The predicted molar refractivity (Wildman–Crippen MR) is 80.2 cm³/mol. The number of H-pyrrole nitrogens is 1. The molecule has 0 aliphatic carbocycles. The van der Waals surface area contributed by atoms with E-state index in [0.29, 0.717) is 10.9 Å². The van der Waals surface area contributed by atoms with Crippen LogP contribution in [0, 0.1) is 5.82 Å². The summed E-state index contributed by atoms with van der Waals surface area (Å²) in [6.07, 6.45) is 1.45. The monoisotopic (exact) mass is 310 g/mol. The lowest BCUT2D eigenvalue weighted by Gasteiger charge is -2.32. The number of nitrogens with one attached hydrogen (secondary N) is 2. The number of halogens is 1. The molecule has 0 spiro atoms. The van der Waals surface area contributed by atoms with Crippen molar-refractivity contribution in [2.45, 2.75) is 5.60 Å². The lowest BCUT2D eigenvalue weighted by molar-refractivity contribution is -0.136. The average molecular weight is 310 g/mol. The van der Waals surface area contributed by atoms with Crippen LogP contribution < -0.4 is 5.32 Å². The van der Waals surface area contributed by atoms with Crippen LogP contribution in [0.2, 0.25) is 0 Å². The van der Waals surface area contributed by atoms with Crippen LogP contribution in [0.5, 0.6) is 0 Å². The van der Waals surface area contributed by atoms with E-state index in [1.165, 1.54) is 36.5 Å². The number of carbonyl (C=O) groups is 2. The molecule has 5 nitrogen and oxygen atoms in total. The summed E-state index contributed by atoms with van der Waals surface area (Å²) in [7, 11) is 0. The van der Waals surface area contributed by atoms with Gasteiger partial charge in [0.15, 0.2) is 5.60 Å². The fourth-order valence-electron chi connectivity index (χ4n) is 3.04. The number of amides is 2. The number of hydrogen-bond donors (Lipinski definition) is 3. The third kappa shape index (κ3) is 1.75. The van der Waals surface area contributed by atoms with Crippen LogP contribution in [0.1, 0.15) is 21.5 Å². The van der Waals surface area contributed by atoms with Gasteiger partial charge in [0.2, 0.25) is 0 Å². The molecule has 0 radical (unpaired) electrons. The normalized spacial score (nSPS) is 20.4. The molecule has 1 aromatic heterocycles. The van der Waals surface area contributed by atoms with Gasteiger partial charge in [0.05, 0.1) is 0 Å². The molecule has 0 saturated carbocycles. The standard InChI is InChI=1S/C17H11FN2O3/c18-9-5-6-14-11(7-9)13(8-19-14)17(23)12-4-2-1-3-10(12)15(21)20-16(17)22/h1-8,19,23H,(H,20,21,22). The summed E-state index contributed by atoms with van der Waals surface area (Å²) < 4.78 is 13.6. The van der Waals surface area contributed by atoms with Crippen molar-refractivity contribution < 1.29 is 19.1 Å². The summed E-state index contributed by atoms with van der Waals surface area (Å²) in [6, 6.07) is 10.4. The smallest absolute Gasteiger partial charge is 0.268 e. The van der Waals surface area contributed by atoms with Crippen LogP contribution in [0.4, 0.5) is 4.39 Å². The first kappa shape index (κ1) is 13.7. The number of imide groups is 1. The number of aliphatic hydroxyl groups is 1. The summed E-state index contributed by atoms with van der Waals surface area (Å²) in [5.41, 5.74) is -0.906. The van der Waals surface area contributed by atoms with Crippen molar-refractivity contribution in [3.63, 3.8) is 0 Å². The number of carbonyl (C=O) groups excluding carboxylic acids is 2. The summed E-state index contributed by atoms with van der Waals surface area (Å²) >= 11 is 0. The Morgan fingerprint density at radius 2 is 1.83 bits per heavy atom. The molecule has 2 heterocycles. The van der Waals surface area contributed by atoms with E-state index in [2.05, 4.69) is 10.3 Å². The lowest BCUT2D eigenvalue weighted by atomic mass is 9.80. The van der Waals surface area contributed by atoms with E-state index in [9.17, 15) is 19.1 Å². The van der Waals surface area contributed by atoms with Gasteiger partial charge in [-0.1, -0.05) is 18.2 Å². The van der Waals surface area contributed by atoms with E-state index in [0.717, 1.165) is 0 Å². The summed E-state index contributed by atoms with van der Waals surface area (Å²) in [4.78, 5) is 27.3. The van der Waals surface area contributed by atoms with Gasteiger partial charge in [0.1, 0.15) is 5.82 Å². The van der Waals surface area contributed by atoms with Gasteiger partial charge in [-0.2, -0.15) is 0 Å². The Labute approximate surface area is 129 Å². The van der Waals surface area contributed by atoms with Crippen molar-refractivity contribution in [1.29, 1.82) is 0 Å². The Morgan fingerprint density at radius 3 is 2.65 bits per heavy atom. The maximum Gasteiger partial charge on any atom is 0.268 e. The molecule has 1 aliphatic heterocycles. The third-order valence-electron chi connectivity index (χ3n) is 4.15. The Bertz CT molecular complexity index is 979. The highest BCUT2D eigenvalue weighted by Gasteiger charge is 2.48. The third-order valence-corrected chi connectivity index (χ3v) is 4.15. The van der Waals surface area contributed by atoms with Crippen LogP contribution in [-0.4, -0.2) is 21.9 Å². The second-order valence-electron chi connectivity index (χ2n) is 5.43. The minimum Gasteiger partial charge on any atom is -0.372 e. The molecular formula is C17H11FN2O3. The molecule has 2 amide bonds. The molecule has 2 aromatic carbocycles. The minimum atomic E-state index is -2.07. The summed E-state index contributed by atoms with van der Waals surface area (Å²) in [6.45, 7) is 0. The molecular weight excluding hydrogens is 299 g/mol. The topological polar surface area (TPSA) is 82.2 Å². The van der Waals surface area contributed by atoms with Crippen LogP contribution in [0.25, 0.3) is 10.9 Å². The SMILES string of the molecule is O=C1NC(=O)C(O)(c2c[nH]c3ccc(F)cc23)c2ccccc21. The van der Waals surface area contributed by atoms with E-state index < -0.39 is 23.2 Å². The van der Waals surface area contributed by atoms with E-state index in [-0.39, 0.29) is 16.7 Å². The van der Waals surface area contributed by atoms with Gasteiger partial charge in [-0.15, -0.1) is 0 Å². The molecule has 1 unspecified atom stereocenters. The number of rotatable bonds is 1. The Kier molecular flexibility index (Phi) is 2.67. The van der Waals surface area contributed by atoms with Crippen molar-refractivity contribution in [2.75, 3.05) is 0 Å². The molecule has 0 bridgehead atoms. The summed E-state index contributed by atoms with van der Waals surface area (Å²) in [5, 5.41) is 13.7. The van der Waals surface area contributed by atoms with E-state index in [1.807, 2.05) is 0 Å². The van der Waals surface area contributed by atoms with Gasteiger partial charge >= 0.3 is 0 Å². The molecule has 0 saturated heterocycles. The second kappa shape index (κ2) is 4.50. The molecule has 23 heavy (non-hydrogen) atoms. The Balaban J connectivity index is 2.06. The largest absolute Gasteiger partial charge is 0.372 e. The first-order chi connectivity index (χ1) is 11.0. The molecule has 0 fully saturated rings. The summed E-state index contributed by atoms with van der Waals surface area (Å²) in [5.74, 6) is -1.91. The number of benzene rings is 2. The fourth-order valence-corrected chi connectivity index (χ4v) is 3.04. The highest BCUT2D eigenvalue weighted by atomic mass is 19.1. The van der Waals surface area contributed by atoms with Gasteiger partial charge in [0, 0.05) is 33.8 Å². The lowest BCUT2D eigenvalue weighted by Crippen LogP contribution is -2.52. The van der Waals surface area contributed by atoms with Crippen molar-refractivity contribution >= 4 is 22.7 Å². The molecule has 3 aromatic rings. The van der Waals surface area contributed by atoms with Crippen molar-refractivity contribution in [3.8, 4) is 0 Å². The van der Waals surface area contributed by atoms with E-state index >= 15 is 0 Å². The fraction of sp³-hybridized carbons (Fsp3) is 0.0588. The molecule has 4 rings (SSSR count). The zero-order valence-electron chi connectivity index (χ0n) is 11.8. The molecule has 3 N–H and O–H groups in total. The van der Waals surface area contributed by atoms with Gasteiger partial charge in [0.25, 0.3) is 11.8 Å². The molecule has 1 atom stereocenters. The quantitative estimate of drug-likeness (QED) is 0.600. The average Bonchev–Trinajstić information content (AvgIpc) is 2.96. The first-order valence-electron chi connectivity index (χ1n) is 6.96. The highest BCUT2D eigenvalue weighted by Crippen LogP contribution is 2.38. The maximum absolute atomic E-state index is 13.6. The van der Waals surface area contributed by atoms with Crippen molar-refractivity contribution in [1.82, 2.24) is 10.3 Å². The number of aromatic amines is 1. The maximum atomic E-state index is 13.6. The zero-order valence-corrected chi connectivity index (χ0v) is 11.8. The predicted octanol–water partition coefficient (Wildman–Crippen LogP) is 1.81. The van der Waals surface area contributed by atoms with Crippen LogP contribution in [0.15, 0.2) is 48.7 Å². The van der Waals surface area contributed by atoms with E-state index in [1.54, 1.807) is 12.1 Å². The van der Waals surface area contributed by atoms with Crippen LogP contribution >= 0.6 is 0 Å². The van der Waals surface area contributed by atoms with Gasteiger partial charge < -0.3 is 10.1 Å². The van der Waals surface area contributed by atoms with Gasteiger partial charge in [-0.05, 0) is 24.3 Å². The second-order valence-corrected chi connectivity index (χ2v) is 5.43. The zero-order chi connectivity index (χ0) is 16.2. The van der Waals surface area contributed by atoms with Crippen molar-refractivity contribution in [2.24, 2.45) is 0 Å². The van der Waals surface area contributed by atoms with Crippen LogP contribution in [-0.2, 0) is 10.4 Å². The van der Waals surface area contributed by atoms with Gasteiger partial charge in [-0.3, -0.25) is 14.9 Å². The highest BCUT2D eigenvalue weighted by molar-refractivity contribution is 6.14. The Morgan fingerprint density at radius 1 is 1.04 bits per heavy atom. The number of fused-ring (bicyclic) bond motifs is 2. The number of aromatic nitrogens is 1. The molecule has 114 valence electrons. The Hall–Kier alpha value is -2.99. The van der Waals surface area contributed by atoms with Crippen molar-refractivity contribution in [3.05, 3.63) is 71.2 Å². The van der Waals surface area contributed by atoms with Gasteiger partial charge in [-0.25, -0.2) is 4.39 Å². The first-order valence-corrected chi connectivity index (χ1v) is 6.96. The molecule has 6 heteroatoms. The minimum absolute atomic E-state index is 0.180. The molecule has 1 aliphatic rings.